The highest BCUT2D eigenvalue weighted by Crippen LogP contribution is 2.17. The smallest absolute Gasteiger partial charge is 0.277 e. The fourth-order valence-corrected chi connectivity index (χ4v) is 2.40. The highest BCUT2D eigenvalue weighted by molar-refractivity contribution is 5.99. The first kappa shape index (κ1) is 16.2. The number of ether oxygens (including phenoxy) is 1. The first-order valence-corrected chi connectivity index (χ1v) is 7.69. The van der Waals surface area contributed by atoms with Gasteiger partial charge in [-0.25, -0.2) is 5.43 Å². The van der Waals surface area contributed by atoms with Crippen LogP contribution >= 0.6 is 0 Å². The number of nitrogens with one attached hydrogen (secondary N) is 1. The van der Waals surface area contributed by atoms with E-state index >= 15 is 0 Å². The molecular weight excluding hydrogens is 314 g/mol. The van der Waals surface area contributed by atoms with Crippen molar-refractivity contribution in [1.82, 2.24) is 5.43 Å². The molecule has 0 aliphatic heterocycles. The van der Waals surface area contributed by atoms with E-state index < -0.39 is 5.91 Å². The summed E-state index contributed by atoms with van der Waals surface area (Å²) in [7, 11) is 0. The third kappa shape index (κ3) is 4.01. The van der Waals surface area contributed by atoms with E-state index in [1.165, 1.54) is 0 Å². The summed E-state index contributed by atoms with van der Waals surface area (Å²) in [5, 5.41) is 15.1. The fraction of sp³-hybridized carbons (Fsp3) is 0.0500. The summed E-state index contributed by atoms with van der Waals surface area (Å²) in [6.45, 7) is -0.217. The maximum absolute atomic E-state index is 11.8. The van der Waals surface area contributed by atoms with Crippen LogP contribution in [0.15, 0.2) is 71.8 Å². The van der Waals surface area contributed by atoms with Crippen molar-refractivity contribution in [2.75, 3.05) is 6.61 Å². The van der Waals surface area contributed by atoms with Crippen molar-refractivity contribution in [1.29, 1.82) is 5.26 Å². The van der Waals surface area contributed by atoms with Crippen LogP contribution in [-0.4, -0.2) is 18.7 Å². The topological polar surface area (TPSA) is 74.5 Å². The first-order chi connectivity index (χ1) is 12.3. The lowest BCUT2D eigenvalue weighted by molar-refractivity contribution is -0.123. The number of carbonyl (C=O) groups is 1. The van der Waals surface area contributed by atoms with Gasteiger partial charge in [-0.3, -0.25) is 4.79 Å². The molecule has 0 aliphatic rings. The quantitative estimate of drug-likeness (QED) is 0.577. The Kier molecular flexibility index (Phi) is 5.03. The Morgan fingerprint density at radius 3 is 2.72 bits per heavy atom. The van der Waals surface area contributed by atoms with Gasteiger partial charge in [0.05, 0.1) is 11.8 Å². The normalized spacial score (nSPS) is 10.5. The number of hydrogen-bond donors (Lipinski definition) is 1. The standard InChI is InChI=1S/C20H15N3O2/c21-12-16-7-2-4-11-19(16)25-14-20(24)23-22-13-17-9-5-8-15-6-1-3-10-18(15)17/h1-11,13H,14H2,(H,23,24)/b22-13+. The lowest BCUT2D eigenvalue weighted by atomic mass is 10.1. The van der Waals surface area contributed by atoms with Crippen molar-refractivity contribution in [3.05, 3.63) is 77.9 Å². The number of amides is 1. The molecule has 3 aromatic rings. The van der Waals surface area contributed by atoms with Crippen LogP contribution in [0.4, 0.5) is 0 Å². The van der Waals surface area contributed by atoms with Crippen LogP contribution in [0.3, 0.4) is 0 Å². The van der Waals surface area contributed by atoms with Crippen LogP contribution in [0, 0.1) is 11.3 Å². The molecule has 0 atom stereocenters. The van der Waals surface area contributed by atoms with Crippen molar-refractivity contribution < 1.29 is 9.53 Å². The van der Waals surface area contributed by atoms with Gasteiger partial charge in [0.25, 0.3) is 5.91 Å². The monoisotopic (exact) mass is 329 g/mol. The van der Waals surface area contributed by atoms with Crippen LogP contribution in [0.2, 0.25) is 0 Å². The zero-order valence-electron chi connectivity index (χ0n) is 13.3. The summed E-state index contributed by atoms with van der Waals surface area (Å²) in [6.07, 6.45) is 1.60. The predicted octanol–water partition coefficient (Wildman–Crippen LogP) is 3.24. The molecule has 0 fully saturated rings. The molecule has 0 bridgehead atoms. The minimum atomic E-state index is -0.399. The van der Waals surface area contributed by atoms with Gasteiger partial charge in [0.2, 0.25) is 0 Å². The minimum Gasteiger partial charge on any atom is -0.482 e. The molecule has 0 saturated carbocycles. The second kappa shape index (κ2) is 7.75. The van der Waals surface area contributed by atoms with E-state index in [0.29, 0.717) is 11.3 Å². The molecule has 0 spiro atoms. The molecule has 5 nitrogen and oxygen atoms in total. The molecule has 0 saturated heterocycles. The molecule has 25 heavy (non-hydrogen) atoms. The molecule has 0 aromatic heterocycles. The molecule has 122 valence electrons. The summed E-state index contributed by atoms with van der Waals surface area (Å²) < 4.78 is 5.35. The van der Waals surface area contributed by atoms with E-state index in [9.17, 15) is 4.79 Å². The van der Waals surface area contributed by atoms with E-state index in [1.54, 1.807) is 30.5 Å². The molecule has 0 heterocycles. The van der Waals surface area contributed by atoms with Gasteiger partial charge in [-0.05, 0) is 22.9 Å². The van der Waals surface area contributed by atoms with Gasteiger partial charge >= 0.3 is 0 Å². The molecule has 0 radical (unpaired) electrons. The molecule has 1 amide bonds. The number of fused-ring (bicyclic) bond motifs is 1. The minimum absolute atomic E-state index is 0.217. The molecule has 3 aromatic carbocycles. The summed E-state index contributed by atoms with van der Waals surface area (Å²) in [6, 6.07) is 22.6. The third-order valence-corrected chi connectivity index (χ3v) is 3.58. The van der Waals surface area contributed by atoms with Gasteiger partial charge in [-0.2, -0.15) is 10.4 Å². The highest BCUT2D eigenvalue weighted by Gasteiger charge is 2.05. The number of hydrazone groups is 1. The zero-order valence-corrected chi connectivity index (χ0v) is 13.3. The van der Waals surface area contributed by atoms with Crippen LogP contribution in [0.25, 0.3) is 10.8 Å². The number of nitrogens with zero attached hydrogens (tertiary/aromatic N) is 2. The van der Waals surface area contributed by atoms with E-state index in [1.807, 2.05) is 48.5 Å². The van der Waals surface area contributed by atoms with Crippen LogP contribution in [-0.2, 0) is 4.79 Å². The predicted molar refractivity (Wildman–Crippen MR) is 96.3 cm³/mol. The average molecular weight is 329 g/mol. The van der Waals surface area contributed by atoms with Crippen LogP contribution < -0.4 is 10.2 Å². The number of carbonyl (C=O) groups excluding carboxylic acids is 1. The van der Waals surface area contributed by atoms with Gasteiger partial charge in [-0.15, -0.1) is 0 Å². The van der Waals surface area contributed by atoms with Crippen molar-refractivity contribution in [3.63, 3.8) is 0 Å². The Bertz CT molecular complexity index is 969. The third-order valence-electron chi connectivity index (χ3n) is 3.58. The van der Waals surface area contributed by atoms with Gasteiger partial charge < -0.3 is 4.74 Å². The van der Waals surface area contributed by atoms with Crippen LogP contribution in [0.1, 0.15) is 11.1 Å². The molecule has 0 unspecified atom stereocenters. The summed E-state index contributed by atoms with van der Waals surface area (Å²) in [5.41, 5.74) is 3.72. The number of hydrogen-bond acceptors (Lipinski definition) is 4. The molecule has 5 heteroatoms. The molecule has 3 rings (SSSR count). The lowest BCUT2D eigenvalue weighted by Crippen LogP contribution is -2.24. The van der Waals surface area contributed by atoms with Gasteiger partial charge in [-0.1, -0.05) is 54.6 Å². The number of nitriles is 1. The lowest BCUT2D eigenvalue weighted by Gasteiger charge is -2.06. The number of rotatable bonds is 5. The fourth-order valence-electron chi connectivity index (χ4n) is 2.40. The molecule has 1 N–H and O–H groups in total. The Hall–Kier alpha value is -3.65. The molecule has 0 aliphatic carbocycles. The van der Waals surface area contributed by atoms with Crippen molar-refractivity contribution >= 4 is 22.9 Å². The van der Waals surface area contributed by atoms with E-state index in [2.05, 4.69) is 10.5 Å². The molecular formula is C20H15N3O2. The SMILES string of the molecule is N#Cc1ccccc1OCC(=O)N/N=C/c1cccc2ccccc12. The van der Waals surface area contributed by atoms with Crippen molar-refractivity contribution in [2.24, 2.45) is 5.10 Å². The second-order valence-electron chi connectivity index (χ2n) is 5.26. The number of benzene rings is 3. The highest BCUT2D eigenvalue weighted by atomic mass is 16.5. The van der Waals surface area contributed by atoms with E-state index in [4.69, 9.17) is 10.00 Å². The zero-order chi connectivity index (χ0) is 17.5. The van der Waals surface area contributed by atoms with Crippen molar-refractivity contribution in [3.8, 4) is 11.8 Å². The maximum atomic E-state index is 11.8. The Morgan fingerprint density at radius 2 is 1.84 bits per heavy atom. The number of para-hydroxylation sites is 1. The Balaban J connectivity index is 1.60. The van der Waals surface area contributed by atoms with Gasteiger partial charge in [0.15, 0.2) is 6.61 Å². The summed E-state index contributed by atoms with van der Waals surface area (Å²) in [5.74, 6) is -0.0255. The summed E-state index contributed by atoms with van der Waals surface area (Å²) >= 11 is 0. The Morgan fingerprint density at radius 1 is 1.08 bits per heavy atom. The average Bonchev–Trinajstić information content (AvgIpc) is 2.67. The maximum Gasteiger partial charge on any atom is 0.277 e. The van der Waals surface area contributed by atoms with Crippen LogP contribution in [0.5, 0.6) is 5.75 Å². The van der Waals surface area contributed by atoms with Gasteiger partial charge in [0, 0.05) is 5.56 Å². The largest absolute Gasteiger partial charge is 0.482 e. The Labute approximate surface area is 145 Å². The van der Waals surface area contributed by atoms with Gasteiger partial charge in [0.1, 0.15) is 11.8 Å². The second-order valence-corrected chi connectivity index (χ2v) is 5.26. The summed E-state index contributed by atoms with van der Waals surface area (Å²) in [4.78, 5) is 11.8. The van der Waals surface area contributed by atoms with Crippen molar-refractivity contribution in [2.45, 2.75) is 0 Å². The first-order valence-electron chi connectivity index (χ1n) is 7.69. The van der Waals surface area contributed by atoms with E-state index in [0.717, 1.165) is 16.3 Å². The van der Waals surface area contributed by atoms with E-state index in [-0.39, 0.29) is 6.61 Å².